The molecule has 0 spiro atoms. The molecular weight excluding hydrogens is 282 g/mol. The highest BCUT2D eigenvalue weighted by molar-refractivity contribution is 6.30. The van der Waals surface area contributed by atoms with Crippen molar-refractivity contribution in [2.75, 3.05) is 0 Å². The first-order valence-corrected chi connectivity index (χ1v) is 6.45. The van der Waals surface area contributed by atoms with Gasteiger partial charge in [-0.05, 0) is 36.4 Å². The fraction of sp³-hybridized carbons (Fsp3) is 0.0667. The molecule has 0 unspecified atom stereocenters. The van der Waals surface area contributed by atoms with Gasteiger partial charge in [0.15, 0.2) is 0 Å². The van der Waals surface area contributed by atoms with Gasteiger partial charge in [0.1, 0.15) is 11.6 Å². The number of benzene rings is 1. The summed E-state index contributed by atoms with van der Waals surface area (Å²) in [6.45, 7) is 0. The first kappa shape index (κ1) is 12.9. The average molecular weight is 293 g/mol. The Morgan fingerprint density at radius 2 is 1.40 bits per heavy atom. The number of nitrogens with one attached hydrogen (secondary N) is 2. The quantitative estimate of drug-likeness (QED) is 0.714. The van der Waals surface area contributed by atoms with Crippen LogP contribution in [0.4, 0.5) is 8.78 Å². The second-order valence-corrected chi connectivity index (χ2v) is 4.90. The molecule has 102 valence electrons. The Hall–Kier alpha value is -2.07. The van der Waals surface area contributed by atoms with E-state index in [1.54, 1.807) is 36.7 Å². The summed E-state index contributed by atoms with van der Waals surface area (Å²) in [5.74, 6) is -1.90. The van der Waals surface area contributed by atoms with Gasteiger partial charge in [-0.3, -0.25) is 0 Å². The fourth-order valence-electron chi connectivity index (χ4n) is 2.36. The van der Waals surface area contributed by atoms with E-state index in [9.17, 15) is 8.78 Å². The highest BCUT2D eigenvalue weighted by Crippen LogP contribution is 2.34. The van der Waals surface area contributed by atoms with Crippen molar-refractivity contribution in [1.82, 2.24) is 9.97 Å². The Balaban J connectivity index is 2.21. The van der Waals surface area contributed by atoms with E-state index in [0.29, 0.717) is 11.4 Å². The summed E-state index contributed by atoms with van der Waals surface area (Å²) in [5.41, 5.74) is 1.37. The summed E-state index contributed by atoms with van der Waals surface area (Å²) in [4.78, 5) is 6.01. The number of aromatic nitrogens is 2. The lowest BCUT2D eigenvalue weighted by Gasteiger charge is -2.17. The molecule has 0 fully saturated rings. The smallest absolute Gasteiger partial charge is 0.131 e. The van der Waals surface area contributed by atoms with Gasteiger partial charge < -0.3 is 9.97 Å². The lowest BCUT2D eigenvalue weighted by molar-refractivity contribution is 0.549. The molecule has 2 aromatic heterocycles. The highest BCUT2D eigenvalue weighted by atomic mass is 35.5. The van der Waals surface area contributed by atoms with E-state index in [-0.39, 0.29) is 10.6 Å². The standard InChI is InChI=1S/C15H11ClF2N2/c16-9-7-10(17)14(11(18)8-9)15(12-3-1-5-19-12)13-4-2-6-20-13/h1-8,15,19-20H. The van der Waals surface area contributed by atoms with E-state index in [0.717, 1.165) is 12.1 Å². The number of rotatable bonds is 3. The molecule has 5 heteroatoms. The van der Waals surface area contributed by atoms with E-state index in [4.69, 9.17) is 11.6 Å². The van der Waals surface area contributed by atoms with Gasteiger partial charge in [0.05, 0.1) is 5.92 Å². The molecule has 0 amide bonds. The van der Waals surface area contributed by atoms with Crippen LogP contribution in [0.25, 0.3) is 0 Å². The number of aromatic amines is 2. The van der Waals surface area contributed by atoms with Crippen LogP contribution in [-0.4, -0.2) is 9.97 Å². The van der Waals surface area contributed by atoms with Crippen LogP contribution in [-0.2, 0) is 0 Å². The summed E-state index contributed by atoms with van der Waals surface area (Å²) in [6.07, 6.45) is 3.44. The molecule has 1 aromatic carbocycles. The molecule has 2 N–H and O–H groups in total. The number of hydrogen-bond acceptors (Lipinski definition) is 0. The Bertz CT molecular complexity index is 648. The third kappa shape index (κ3) is 2.23. The molecule has 3 aromatic rings. The minimum Gasteiger partial charge on any atom is -0.364 e. The van der Waals surface area contributed by atoms with Gasteiger partial charge >= 0.3 is 0 Å². The molecule has 2 heterocycles. The summed E-state index contributed by atoms with van der Waals surface area (Å²) in [6, 6.07) is 9.41. The number of hydrogen-bond donors (Lipinski definition) is 2. The molecule has 0 aliphatic heterocycles. The maximum Gasteiger partial charge on any atom is 0.131 e. The highest BCUT2D eigenvalue weighted by Gasteiger charge is 2.25. The van der Waals surface area contributed by atoms with Crippen LogP contribution in [0.2, 0.25) is 5.02 Å². The number of halogens is 3. The zero-order chi connectivity index (χ0) is 14.1. The summed E-state index contributed by atoms with van der Waals surface area (Å²) >= 11 is 5.68. The molecular formula is C15H11ClF2N2. The second-order valence-electron chi connectivity index (χ2n) is 4.47. The molecule has 0 atom stereocenters. The first-order chi connectivity index (χ1) is 9.66. The van der Waals surface area contributed by atoms with Crippen molar-refractivity contribution >= 4 is 11.6 Å². The van der Waals surface area contributed by atoms with Crippen molar-refractivity contribution in [3.8, 4) is 0 Å². The van der Waals surface area contributed by atoms with E-state index >= 15 is 0 Å². The molecule has 20 heavy (non-hydrogen) atoms. The van der Waals surface area contributed by atoms with Crippen LogP contribution >= 0.6 is 11.6 Å². The van der Waals surface area contributed by atoms with Crippen molar-refractivity contribution in [2.45, 2.75) is 5.92 Å². The maximum absolute atomic E-state index is 14.2. The van der Waals surface area contributed by atoms with Gasteiger partial charge in [-0.2, -0.15) is 0 Å². The van der Waals surface area contributed by atoms with E-state index in [1.807, 2.05) is 0 Å². The largest absolute Gasteiger partial charge is 0.364 e. The summed E-state index contributed by atoms with van der Waals surface area (Å²) in [5, 5.41) is 0.0421. The van der Waals surface area contributed by atoms with Gasteiger partial charge in [-0.25, -0.2) is 8.78 Å². The number of H-pyrrole nitrogens is 2. The zero-order valence-corrected chi connectivity index (χ0v) is 11.1. The third-order valence-electron chi connectivity index (χ3n) is 3.20. The lowest BCUT2D eigenvalue weighted by atomic mass is 9.91. The first-order valence-electron chi connectivity index (χ1n) is 6.08. The topological polar surface area (TPSA) is 31.6 Å². The molecule has 3 rings (SSSR count). The van der Waals surface area contributed by atoms with Crippen molar-refractivity contribution in [3.05, 3.63) is 82.4 Å². The van der Waals surface area contributed by atoms with Crippen molar-refractivity contribution in [3.63, 3.8) is 0 Å². The van der Waals surface area contributed by atoms with Gasteiger partial charge in [0.25, 0.3) is 0 Å². The molecule has 0 aliphatic carbocycles. The van der Waals surface area contributed by atoms with Crippen molar-refractivity contribution in [1.29, 1.82) is 0 Å². The normalized spacial score (nSPS) is 11.2. The van der Waals surface area contributed by atoms with Crippen LogP contribution in [0, 0.1) is 11.6 Å². The molecule has 2 nitrogen and oxygen atoms in total. The summed E-state index contributed by atoms with van der Waals surface area (Å²) < 4.78 is 28.4. The monoisotopic (exact) mass is 292 g/mol. The van der Waals surface area contributed by atoms with Crippen LogP contribution < -0.4 is 0 Å². The zero-order valence-electron chi connectivity index (χ0n) is 10.3. The van der Waals surface area contributed by atoms with Gasteiger partial charge in [0.2, 0.25) is 0 Å². The van der Waals surface area contributed by atoms with Crippen LogP contribution in [0.15, 0.2) is 48.8 Å². The maximum atomic E-state index is 14.2. The van der Waals surface area contributed by atoms with E-state index in [2.05, 4.69) is 9.97 Å². The molecule has 0 bridgehead atoms. The summed E-state index contributed by atoms with van der Waals surface area (Å²) in [7, 11) is 0. The van der Waals surface area contributed by atoms with Crippen LogP contribution in [0.3, 0.4) is 0 Å². The predicted octanol–water partition coefficient (Wildman–Crippen LogP) is 4.45. The molecule has 0 saturated carbocycles. The van der Waals surface area contributed by atoms with Crippen molar-refractivity contribution in [2.24, 2.45) is 0 Å². The van der Waals surface area contributed by atoms with Crippen molar-refractivity contribution < 1.29 is 8.78 Å². The second kappa shape index (κ2) is 5.13. The molecule has 0 radical (unpaired) electrons. The Morgan fingerprint density at radius 3 is 1.80 bits per heavy atom. The van der Waals surface area contributed by atoms with Gasteiger partial charge in [-0.1, -0.05) is 11.6 Å². The van der Waals surface area contributed by atoms with E-state index in [1.165, 1.54) is 0 Å². The predicted molar refractivity (Wildman–Crippen MR) is 73.9 cm³/mol. The van der Waals surface area contributed by atoms with Crippen LogP contribution in [0.1, 0.15) is 22.9 Å². The minimum absolute atomic E-state index is 0.0284. The van der Waals surface area contributed by atoms with Gasteiger partial charge in [-0.15, -0.1) is 0 Å². The van der Waals surface area contributed by atoms with Gasteiger partial charge in [0, 0.05) is 34.4 Å². The Labute approximate surface area is 119 Å². The SMILES string of the molecule is Fc1cc(Cl)cc(F)c1C(c1ccc[nH]1)c1ccc[nH]1. The molecule has 0 aliphatic rings. The average Bonchev–Trinajstić information content (AvgIpc) is 3.07. The third-order valence-corrected chi connectivity index (χ3v) is 3.42. The molecule has 0 saturated heterocycles. The fourth-order valence-corrected chi connectivity index (χ4v) is 2.55. The minimum atomic E-state index is -0.663. The Morgan fingerprint density at radius 1 is 0.900 bits per heavy atom. The van der Waals surface area contributed by atoms with Crippen LogP contribution in [0.5, 0.6) is 0 Å². The van der Waals surface area contributed by atoms with E-state index < -0.39 is 17.6 Å². The Kier molecular flexibility index (Phi) is 3.32. The lowest BCUT2D eigenvalue weighted by Crippen LogP contribution is -2.09.